The molecule has 2 aliphatic rings. The molecule has 0 aliphatic carbocycles. The highest BCUT2D eigenvalue weighted by atomic mass is 35.5. The third kappa shape index (κ3) is 5.75. The molecule has 0 spiro atoms. The zero-order valence-corrected chi connectivity index (χ0v) is 20.5. The highest BCUT2D eigenvalue weighted by Crippen LogP contribution is 2.29. The number of amides is 5. The second-order valence-corrected chi connectivity index (χ2v) is 9.47. The number of carbonyl (C=O) groups is 4. The van der Waals surface area contributed by atoms with E-state index in [0.717, 1.165) is 5.56 Å². The lowest BCUT2D eigenvalue weighted by molar-refractivity contribution is -0.130. The normalized spacial score (nSPS) is 20.6. The fourth-order valence-electron chi connectivity index (χ4n) is 4.33. The minimum Gasteiger partial charge on any atom is -0.307 e. The lowest BCUT2D eigenvalue weighted by Crippen LogP contribution is -2.52. The molecule has 5 amide bonds. The zero-order chi connectivity index (χ0) is 25.1. The van der Waals surface area contributed by atoms with Crippen molar-refractivity contribution in [2.75, 3.05) is 23.3 Å². The van der Waals surface area contributed by atoms with Crippen molar-refractivity contribution in [3.63, 3.8) is 0 Å². The summed E-state index contributed by atoms with van der Waals surface area (Å²) in [7, 11) is 0. The zero-order valence-electron chi connectivity index (χ0n) is 19.0. The molecule has 11 heteroatoms. The number of aryl methyl sites for hydroxylation is 1. The summed E-state index contributed by atoms with van der Waals surface area (Å²) in [5.74, 6) is -1.34. The summed E-state index contributed by atoms with van der Waals surface area (Å²) in [5, 5.41) is 3.20. The Morgan fingerprint density at radius 1 is 1.00 bits per heavy atom. The van der Waals surface area contributed by atoms with Gasteiger partial charge in [-0.05, 0) is 56.6 Å². The number of hydrazine groups is 1. The van der Waals surface area contributed by atoms with E-state index in [1.54, 1.807) is 24.3 Å². The number of nitrogens with zero attached hydrogens (tertiary/aromatic N) is 2. The summed E-state index contributed by atoms with van der Waals surface area (Å²) in [6.07, 6.45) is 1.37. The van der Waals surface area contributed by atoms with E-state index in [1.807, 2.05) is 24.0 Å². The number of piperidine rings is 1. The van der Waals surface area contributed by atoms with Gasteiger partial charge >= 0.3 is 6.03 Å². The van der Waals surface area contributed by atoms with Gasteiger partial charge in [0.2, 0.25) is 11.8 Å². The van der Waals surface area contributed by atoms with Crippen LogP contribution in [0.5, 0.6) is 0 Å². The minimum absolute atomic E-state index is 0.0748. The molecule has 184 valence electrons. The number of hydrogen-bond acceptors (Lipinski definition) is 5. The van der Waals surface area contributed by atoms with Gasteiger partial charge in [0.1, 0.15) is 0 Å². The Balaban J connectivity index is 1.32. The van der Waals surface area contributed by atoms with Crippen molar-refractivity contribution in [2.24, 2.45) is 5.92 Å². The van der Waals surface area contributed by atoms with Gasteiger partial charge < -0.3 is 5.32 Å². The first-order chi connectivity index (χ1) is 16.7. The standard InChI is InChI=1S/C24H25Cl2N5O4/c1-14-4-7-17(8-5-14)31-21(32)12-20(23(31)34)30-10-2-3-15(13-30)22(33)28-29-24(35)27-16-6-9-18(25)19(26)11-16/h4-9,11,15,20H,2-3,10,12-13H2,1H3,(H,28,33)(H2,27,29,35)/t15-,20+/m0/s1. The van der Waals surface area contributed by atoms with Crippen LogP contribution >= 0.6 is 23.2 Å². The van der Waals surface area contributed by atoms with Gasteiger partial charge in [0, 0.05) is 12.2 Å². The van der Waals surface area contributed by atoms with E-state index in [4.69, 9.17) is 23.2 Å². The summed E-state index contributed by atoms with van der Waals surface area (Å²) < 4.78 is 0. The summed E-state index contributed by atoms with van der Waals surface area (Å²) in [5.41, 5.74) is 6.75. The summed E-state index contributed by atoms with van der Waals surface area (Å²) >= 11 is 11.8. The van der Waals surface area contributed by atoms with Gasteiger partial charge in [0.25, 0.3) is 5.91 Å². The van der Waals surface area contributed by atoms with E-state index in [-0.39, 0.29) is 29.2 Å². The fraction of sp³-hybridized carbons (Fsp3) is 0.333. The van der Waals surface area contributed by atoms with Crippen LogP contribution < -0.4 is 21.1 Å². The molecule has 0 radical (unpaired) electrons. The molecule has 2 atom stereocenters. The average molecular weight is 518 g/mol. The molecule has 0 unspecified atom stereocenters. The van der Waals surface area contributed by atoms with Crippen molar-refractivity contribution in [1.29, 1.82) is 0 Å². The van der Waals surface area contributed by atoms with E-state index in [0.29, 0.717) is 42.3 Å². The second-order valence-electron chi connectivity index (χ2n) is 8.65. The third-order valence-electron chi connectivity index (χ3n) is 6.16. The first-order valence-corrected chi connectivity index (χ1v) is 12.0. The molecule has 0 saturated carbocycles. The first-order valence-electron chi connectivity index (χ1n) is 11.2. The monoisotopic (exact) mass is 517 g/mol. The number of nitrogens with one attached hydrogen (secondary N) is 3. The molecule has 3 N–H and O–H groups in total. The Morgan fingerprint density at radius 2 is 1.74 bits per heavy atom. The van der Waals surface area contributed by atoms with E-state index in [1.165, 1.54) is 11.0 Å². The molecule has 35 heavy (non-hydrogen) atoms. The Labute approximate surface area is 212 Å². The lowest BCUT2D eigenvalue weighted by Gasteiger charge is -2.34. The largest absolute Gasteiger partial charge is 0.337 e. The van der Waals surface area contributed by atoms with Gasteiger partial charge in [-0.3, -0.25) is 24.7 Å². The number of anilines is 2. The van der Waals surface area contributed by atoms with Gasteiger partial charge in [0.05, 0.1) is 34.1 Å². The van der Waals surface area contributed by atoms with E-state index < -0.39 is 18.0 Å². The Kier molecular flexibility index (Phi) is 7.59. The second kappa shape index (κ2) is 10.6. The van der Waals surface area contributed by atoms with E-state index >= 15 is 0 Å². The predicted octanol–water partition coefficient (Wildman–Crippen LogP) is 3.50. The van der Waals surface area contributed by atoms with E-state index in [9.17, 15) is 19.2 Å². The van der Waals surface area contributed by atoms with Gasteiger partial charge in [-0.1, -0.05) is 40.9 Å². The number of benzene rings is 2. The molecular formula is C24H25Cl2N5O4. The minimum atomic E-state index is -0.644. The number of imide groups is 1. The van der Waals surface area contributed by atoms with Crippen LogP contribution in [0.15, 0.2) is 42.5 Å². The molecule has 2 aliphatic heterocycles. The van der Waals surface area contributed by atoms with Crippen LogP contribution in [0.25, 0.3) is 0 Å². The van der Waals surface area contributed by atoms with Crippen LogP contribution in [0, 0.1) is 12.8 Å². The third-order valence-corrected chi connectivity index (χ3v) is 6.90. The van der Waals surface area contributed by atoms with Crippen LogP contribution in [0.2, 0.25) is 10.0 Å². The SMILES string of the molecule is Cc1ccc(N2C(=O)C[C@@H](N3CCC[C@H](C(=O)NNC(=O)Nc4ccc(Cl)c(Cl)c4)C3)C2=O)cc1. The van der Waals surface area contributed by atoms with Crippen molar-refractivity contribution < 1.29 is 19.2 Å². The van der Waals surface area contributed by atoms with Gasteiger partial charge in [0.15, 0.2) is 0 Å². The molecule has 0 aromatic heterocycles. The van der Waals surface area contributed by atoms with Crippen LogP contribution in [0.4, 0.5) is 16.2 Å². The maximum atomic E-state index is 13.1. The smallest absolute Gasteiger partial charge is 0.307 e. The summed E-state index contributed by atoms with van der Waals surface area (Å²) in [4.78, 5) is 53.7. The quantitative estimate of drug-likeness (QED) is 0.424. The number of rotatable bonds is 4. The van der Waals surface area contributed by atoms with Crippen LogP contribution in [-0.2, 0) is 14.4 Å². The Bertz CT molecular complexity index is 1160. The fourth-order valence-corrected chi connectivity index (χ4v) is 4.62. The molecule has 4 rings (SSSR count). The maximum absolute atomic E-state index is 13.1. The Morgan fingerprint density at radius 3 is 2.46 bits per heavy atom. The van der Waals surface area contributed by atoms with Crippen molar-refractivity contribution >= 4 is 58.3 Å². The number of halogens is 2. The van der Waals surface area contributed by atoms with Gasteiger partial charge in [-0.25, -0.2) is 15.1 Å². The molecule has 0 bridgehead atoms. The van der Waals surface area contributed by atoms with Crippen LogP contribution in [0.1, 0.15) is 24.8 Å². The first kappa shape index (κ1) is 25.0. The molecule has 2 aromatic rings. The lowest BCUT2D eigenvalue weighted by atomic mass is 9.95. The van der Waals surface area contributed by atoms with Crippen molar-refractivity contribution in [3.05, 3.63) is 58.1 Å². The molecule has 9 nitrogen and oxygen atoms in total. The van der Waals surface area contributed by atoms with Crippen molar-refractivity contribution in [1.82, 2.24) is 15.8 Å². The van der Waals surface area contributed by atoms with E-state index in [2.05, 4.69) is 16.2 Å². The molecule has 2 aromatic carbocycles. The summed E-state index contributed by atoms with van der Waals surface area (Å²) in [6, 6.07) is 10.6. The van der Waals surface area contributed by atoms with Gasteiger partial charge in [-0.15, -0.1) is 0 Å². The highest BCUT2D eigenvalue weighted by molar-refractivity contribution is 6.42. The van der Waals surface area contributed by atoms with Crippen molar-refractivity contribution in [2.45, 2.75) is 32.2 Å². The number of hydrogen-bond donors (Lipinski definition) is 3. The Hall–Kier alpha value is -3.14. The number of carbonyl (C=O) groups excluding carboxylic acids is 4. The molecular weight excluding hydrogens is 493 g/mol. The maximum Gasteiger partial charge on any atom is 0.337 e. The predicted molar refractivity (Wildman–Crippen MR) is 133 cm³/mol. The summed E-state index contributed by atoms with van der Waals surface area (Å²) in [6.45, 7) is 2.86. The molecule has 2 fully saturated rings. The van der Waals surface area contributed by atoms with Gasteiger partial charge in [-0.2, -0.15) is 0 Å². The molecule has 2 heterocycles. The molecule has 2 saturated heterocycles. The van der Waals surface area contributed by atoms with Crippen LogP contribution in [-0.4, -0.2) is 47.8 Å². The van der Waals surface area contributed by atoms with Crippen molar-refractivity contribution in [3.8, 4) is 0 Å². The number of likely N-dealkylation sites (tertiary alicyclic amines) is 1. The number of urea groups is 1. The topological polar surface area (TPSA) is 111 Å². The highest BCUT2D eigenvalue weighted by Gasteiger charge is 2.44. The average Bonchev–Trinajstić information content (AvgIpc) is 3.14. The van der Waals surface area contributed by atoms with Crippen LogP contribution in [0.3, 0.4) is 0 Å².